The van der Waals surface area contributed by atoms with Crippen molar-refractivity contribution < 1.29 is 0 Å². The summed E-state index contributed by atoms with van der Waals surface area (Å²) in [7, 11) is 0. The van der Waals surface area contributed by atoms with E-state index in [-0.39, 0.29) is 0 Å². The highest BCUT2D eigenvalue weighted by atomic mass is 15.5. The first kappa shape index (κ1) is 24.2. The third-order valence-corrected chi connectivity index (χ3v) is 6.84. The number of rotatable bonds is 10. The lowest BCUT2D eigenvalue weighted by molar-refractivity contribution is 0.112. The van der Waals surface area contributed by atoms with Crippen LogP contribution >= 0.6 is 0 Å². The van der Waals surface area contributed by atoms with E-state index < -0.39 is 0 Å². The van der Waals surface area contributed by atoms with Crippen molar-refractivity contribution in [1.29, 1.82) is 0 Å². The number of unbranched alkanes of at least 4 members (excludes halogenated alkanes) is 3. The number of hydrogen-bond acceptors (Lipinski definition) is 3. The van der Waals surface area contributed by atoms with Crippen LogP contribution in [0.25, 0.3) is 0 Å². The lowest BCUT2D eigenvalue weighted by atomic mass is 9.96. The van der Waals surface area contributed by atoms with E-state index >= 15 is 0 Å². The van der Waals surface area contributed by atoms with Crippen LogP contribution in [0.1, 0.15) is 67.8 Å². The van der Waals surface area contributed by atoms with Crippen LogP contribution in [-0.4, -0.2) is 41.8 Å². The minimum Gasteiger partial charge on any atom is -0.294 e. The van der Waals surface area contributed by atoms with Crippen molar-refractivity contribution in [2.45, 2.75) is 52.0 Å². The van der Waals surface area contributed by atoms with Gasteiger partial charge in [0, 0.05) is 26.2 Å². The minimum absolute atomic E-state index is 0.291. The molecule has 1 aliphatic heterocycles. The Balaban J connectivity index is 1.40. The number of aryl methyl sites for hydroxylation is 1. The summed E-state index contributed by atoms with van der Waals surface area (Å²) in [5, 5.41) is 7.28. The molecule has 0 aliphatic carbocycles. The van der Waals surface area contributed by atoms with Crippen molar-refractivity contribution in [2.75, 3.05) is 26.2 Å². The first-order valence-electron chi connectivity index (χ1n) is 13.0. The summed E-state index contributed by atoms with van der Waals surface area (Å²) in [5.74, 6) is 0. The van der Waals surface area contributed by atoms with E-state index in [9.17, 15) is 0 Å². The Morgan fingerprint density at radius 2 is 1.41 bits per heavy atom. The molecule has 0 saturated carbocycles. The molecule has 1 saturated heterocycles. The number of hydrazone groups is 1. The third kappa shape index (κ3) is 6.57. The van der Waals surface area contributed by atoms with Crippen LogP contribution in [0.15, 0.2) is 90.0 Å². The Bertz CT molecular complexity index is 981. The molecule has 3 aromatic rings. The Labute approximate surface area is 206 Å². The van der Waals surface area contributed by atoms with Gasteiger partial charge in [0.2, 0.25) is 0 Å². The van der Waals surface area contributed by atoms with Gasteiger partial charge in [-0.3, -0.25) is 9.91 Å². The van der Waals surface area contributed by atoms with Gasteiger partial charge in [-0.1, -0.05) is 105 Å². The molecular formula is C31H39N3. The second-order valence-electron chi connectivity index (χ2n) is 9.41. The van der Waals surface area contributed by atoms with Gasteiger partial charge in [0.25, 0.3) is 0 Å². The van der Waals surface area contributed by atoms with Crippen LogP contribution in [0, 0.1) is 0 Å². The summed E-state index contributed by atoms with van der Waals surface area (Å²) in [6.07, 6.45) is 6.39. The maximum atomic E-state index is 5.02. The maximum Gasteiger partial charge on any atom is 0.0646 e. The van der Waals surface area contributed by atoms with Gasteiger partial charge in [0.15, 0.2) is 0 Å². The molecule has 34 heavy (non-hydrogen) atoms. The molecule has 178 valence electrons. The fourth-order valence-electron chi connectivity index (χ4n) is 4.93. The molecule has 1 aliphatic rings. The largest absolute Gasteiger partial charge is 0.294 e. The summed E-state index contributed by atoms with van der Waals surface area (Å²) in [6.45, 7) is 8.32. The second-order valence-corrected chi connectivity index (χ2v) is 9.41. The van der Waals surface area contributed by atoms with Crippen molar-refractivity contribution in [3.05, 3.63) is 107 Å². The highest BCUT2D eigenvalue weighted by Crippen LogP contribution is 2.29. The molecule has 1 heterocycles. The molecule has 0 N–H and O–H groups in total. The molecule has 3 aromatic carbocycles. The van der Waals surface area contributed by atoms with E-state index in [2.05, 4.69) is 109 Å². The van der Waals surface area contributed by atoms with Crippen LogP contribution in [0.4, 0.5) is 0 Å². The number of nitrogens with zero attached hydrogens (tertiary/aromatic N) is 3. The third-order valence-electron chi connectivity index (χ3n) is 6.84. The van der Waals surface area contributed by atoms with E-state index in [0.29, 0.717) is 6.04 Å². The van der Waals surface area contributed by atoms with Crippen molar-refractivity contribution in [3.8, 4) is 0 Å². The van der Waals surface area contributed by atoms with Gasteiger partial charge >= 0.3 is 0 Å². The summed E-state index contributed by atoms with van der Waals surface area (Å²) in [5.41, 5.74) is 6.52. The van der Waals surface area contributed by atoms with E-state index in [1.165, 1.54) is 54.4 Å². The predicted octanol–water partition coefficient (Wildman–Crippen LogP) is 6.94. The lowest BCUT2D eigenvalue weighted by Crippen LogP contribution is -2.46. The molecule has 0 spiro atoms. The standard InChI is InChI=1S/C31H39N3/c1-3-4-5-8-14-27-15-13-20-30(25-27)26(2)32-34-23-21-33(22-24-34)31(28-16-9-6-10-17-28)29-18-11-7-12-19-29/h6-7,9-13,15-20,25,31H,3-5,8,14,21-24H2,1-2H3. The molecule has 0 aromatic heterocycles. The summed E-state index contributed by atoms with van der Waals surface area (Å²) >= 11 is 0. The zero-order valence-electron chi connectivity index (χ0n) is 20.9. The number of hydrogen-bond donors (Lipinski definition) is 0. The highest BCUT2D eigenvalue weighted by Gasteiger charge is 2.26. The van der Waals surface area contributed by atoms with Gasteiger partial charge in [-0.05, 0) is 48.1 Å². The Hall–Kier alpha value is -2.91. The van der Waals surface area contributed by atoms with Crippen LogP contribution < -0.4 is 0 Å². The quantitative estimate of drug-likeness (QED) is 0.244. The molecule has 0 amide bonds. The van der Waals surface area contributed by atoms with Gasteiger partial charge in [0.05, 0.1) is 11.8 Å². The van der Waals surface area contributed by atoms with Crippen molar-refractivity contribution in [2.24, 2.45) is 5.10 Å². The van der Waals surface area contributed by atoms with E-state index in [4.69, 9.17) is 5.10 Å². The predicted molar refractivity (Wildman–Crippen MR) is 144 cm³/mol. The minimum atomic E-state index is 0.291. The Kier molecular flexibility index (Phi) is 8.92. The first-order chi connectivity index (χ1) is 16.7. The SMILES string of the molecule is CCCCCCc1cccc(C(C)=NN2CCN(C(c3ccccc3)c3ccccc3)CC2)c1. The Morgan fingerprint density at radius 1 is 0.765 bits per heavy atom. The highest BCUT2D eigenvalue weighted by molar-refractivity contribution is 5.98. The molecule has 0 radical (unpaired) electrons. The fraction of sp³-hybridized carbons (Fsp3) is 0.387. The molecule has 0 unspecified atom stereocenters. The van der Waals surface area contributed by atoms with Gasteiger partial charge in [-0.2, -0.15) is 5.10 Å². The topological polar surface area (TPSA) is 18.8 Å². The normalized spacial score (nSPS) is 15.1. The average molecular weight is 454 g/mol. The van der Waals surface area contributed by atoms with Gasteiger partial charge in [0.1, 0.15) is 0 Å². The Morgan fingerprint density at radius 3 is 2.03 bits per heavy atom. The zero-order chi connectivity index (χ0) is 23.6. The van der Waals surface area contributed by atoms with Crippen LogP contribution in [-0.2, 0) is 6.42 Å². The summed E-state index contributed by atoms with van der Waals surface area (Å²) in [4.78, 5) is 2.60. The molecule has 1 fully saturated rings. The molecule has 4 rings (SSSR count). The zero-order valence-corrected chi connectivity index (χ0v) is 20.9. The summed E-state index contributed by atoms with van der Waals surface area (Å²) in [6, 6.07) is 31.1. The van der Waals surface area contributed by atoms with Gasteiger partial charge in [-0.25, -0.2) is 0 Å². The second kappa shape index (κ2) is 12.5. The van der Waals surface area contributed by atoms with Crippen molar-refractivity contribution in [1.82, 2.24) is 9.91 Å². The van der Waals surface area contributed by atoms with Gasteiger partial charge < -0.3 is 0 Å². The molecule has 0 bridgehead atoms. The molecule has 0 atom stereocenters. The van der Waals surface area contributed by atoms with Crippen LogP contribution in [0.5, 0.6) is 0 Å². The first-order valence-corrected chi connectivity index (χ1v) is 13.0. The van der Waals surface area contributed by atoms with Crippen LogP contribution in [0.2, 0.25) is 0 Å². The molecule has 3 heteroatoms. The molecular weight excluding hydrogens is 414 g/mol. The number of benzene rings is 3. The maximum absolute atomic E-state index is 5.02. The summed E-state index contributed by atoms with van der Waals surface area (Å²) < 4.78 is 0. The van der Waals surface area contributed by atoms with Gasteiger partial charge in [-0.15, -0.1) is 0 Å². The average Bonchev–Trinajstić information content (AvgIpc) is 2.89. The van der Waals surface area contributed by atoms with Crippen molar-refractivity contribution in [3.63, 3.8) is 0 Å². The lowest BCUT2D eigenvalue weighted by Gasteiger charge is -2.39. The smallest absolute Gasteiger partial charge is 0.0646 e. The van der Waals surface area contributed by atoms with Crippen LogP contribution in [0.3, 0.4) is 0 Å². The van der Waals surface area contributed by atoms with E-state index in [1.807, 2.05) is 0 Å². The number of piperazine rings is 1. The van der Waals surface area contributed by atoms with E-state index in [1.54, 1.807) is 0 Å². The monoisotopic (exact) mass is 453 g/mol. The molecule has 3 nitrogen and oxygen atoms in total. The van der Waals surface area contributed by atoms with E-state index in [0.717, 1.165) is 31.9 Å². The van der Waals surface area contributed by atoms with Crippen molar-refractivity contribution >= 4 is 5.71 Å². The fourth-order valence-corrected chi connectivity index (χ4v) is 4.93.